The highest BCUT2D eigenvalue weighted by molar-refractivity contribution is 5.83. The van der Waals surface area contributed by atoms with Crippen LogP contribution in [0.15, 0.2) is 36.5 Å². The average molecular weight is 348 g/mol. The molecule has 1 aromatic carbocycles. The van der Waals surface area contributed by atoms with Gasteiger partial charge in [-0.25, -0.2) is 19.3 Å². The lowest BCUT2D eigenvalue weighted by molar-refractivity contribution is 0.630. The molecule has 26 heavy (non-hydrogen) atoms. The molecule has 0 fully saturated rings. The summed E-state index contributed by atoms with van der Waals surface area (Å²) < 4.78 is 14.5. The average Bonchev–Trinajstić information content (AvgIpc) is 2.63. The van der Waals surface area contributed by atoms with Gasteiger partial charge in [-0.15, -0.1) is 0 Å². The van der Waals surface area contributed by atoms with Gasteiger partial charge in [0.2, 0.25) is 5.95 Å². The number of nitrogens with one attached hydrogen (secondary N) is 1. The SMILES string of the molecule is CCNc1ccc(-c2c(C)nc(N)nc2-c2cc(C#N)ccc2F)cn1. The third-order valence-electron chi connectivity index (χ3n) is 3.87. The Balaban J connectivity index is 2.22. The van der Waals surface area contributed by atoms with E-state index < -0.39 is 5.82 Å². The Morgan fingerprint density at radius 1 is 1.23 bits per heavy atom. The highest BCUT2D eigenvalue weighted by Gasteiger charge is 2.18. The summed E-state index contributed by atoms with van der Waals surface area (Å²) in [5.74, 6) is 0.296. The third-order valence-corrected chi connectivity index (χ3v) is 3.87. The van der Waals surface area contributed by atoms with Crippen LogP contribution in [0.1, 0.15) is 18.2 Å². The monoisotopic (exact) mass is 348 g/mol. The fourth-order valence-electron chi connectivity index (χ4n) is 2.74. The van der Waals surface area contributed by atoms with E-state index in [4.69, 9.17) is 11.0 Å². The standard InChI is InChI=1S/C19H17FN6/c1-3-23-16-7-5-13(10-24-16)17-11(2)25-19(22)26-18(17)14-8-12(9-21)4-6-15(14)20/h4-8,10H,3H2,1-2H3,(H,23,24)(H2,22,25,26). The van der Waals surface area contributed by atoms with E-state index in [-0.39, 0.29) is 11.5 Å². The van der Waals surface area contributed by atoms with Crippen molar-refractivity contribution < 1.29 is 4.39 Å². The number of pyridine rings is 1. The highest BCUT2D eigenvalue weighted by Crippen LogP contribution is 2.34. The summed E-state index contributed by atoms with van der Waals surface area (Å²) in [4.78, 5) is 12.8. The lowest BCUT2D eigenvalue weighted by atomic mass is 9.97. The van der Waals surface area contributed by atoms with Crippen molar-refractivity contribution in [1.29, 1.82) is 5.26 Å². The van der Waals surface area contributed by atoms with Gasteiger partial charge in [-0.1, -0.05) is 0 Å². The number of aryl methyl sites for hydroxylation is 1. The van der Waals surface area contributed by atoms with Gasteiger partial charge >= 0.3 is 0 Å². The summed E-state index contributed by atoms with van der Waals surface area (Å²) in [6.45, 7) is 4.52. The Morgan fingerprint density at radius 3 is 2.69 bits per heavy atom. The van der Waals surface area contributed by atoms with Gasteiger partial charge in [0.25, 0.3) is 0 Å². The van der Waals surface area contributed by atoms with Crippen LogP contribution in [0.2, 0.25) is 0 Å². The number of nitrogens with zero attached hydrogens (tertiary/aromatic N) is 4. The zero-order valence-corrected chi connectivity index (χ0v) is 14.4. The minimum absolute atomic E-state index is 0.0419. The van der Waals surface area contributed by atoms with E-state index in [1.807, 2.05) is 25.1 Å². The molecule has 0 saturated heterocycles. The number of halogens is 1. The van der Waals surface area contributed by atoms with Gasteiger partial charge in [0.15, 0.2) is 0 Å². The number of nitrogens with two attached hydrogens (primary N) is 1. The first-order valence-electron chi connectivity index (χ1n) is 8.08. The molecule has 0 amide bonds. The number of hydrogen-bond acceptors (Lipinski definition) is 6. The van der Waals surface area contributed by atoms with E-state index in [1.165, 1.54) is 18.2 Å². The predicted molar refractivity (Wildman–Crippen MR) is 98.7 cm³/mol. The molecule has 3 rings (SSSR count). The molecule has 6 nitrogen and oxygen atoms in total. The van der Waals surface area contributed by atoms with Crippen molar-refractivity contribution >= 4 is 11.8 Å². The second kappa shape index (κ2) is 7.15. The fourth-order valence-corrected chi connectivity index (χ4v) is 2.74. The van der Waals surface area contributed by atoms with Crippen LogP contribution in [0, 0.1) is 24.1 Å². The van der Waals surface area contributed by atoms with Crippen molar-refractivity contribution in [1.82, 2.24) is 15.0 Å². The van der Waals surface area contributed by atoms with Gasteiger partial charge in [0.1, 0.15) is 11.6 Å². The van der Waals surface area contributed by atoms with Crippen molar-refractivity contribution in [2.75, 3.05) is 17.6 Å². The van der Waals surface area contributed by atoms with E-state index >= 15 is 0 Å². The fraction of sp³-hybridized carbons (Fsp3) is 0.158. The van der Waals surface area contributed by atoms with Gasteiger partial charge in [0, 0.05) is 29.4 Å². The lowest BCUT2D eigenvalue weighted by Gasteiger charge is -2.14. The molecule has 0 aliphatic carbocycles. The molecular formula is C19H17FN6. The Morgan fingerprint density at radius 2 is 2.04 bits per heavy atom. The van der Waals surface area contributed by atoms with Crippen LogP contribution in [0.25, 0.3) is 22.4 Å². The van der Waals surface area contributed by atoms with Gasteiger partial charge in [-0.2, -0.15) is 5.26 Å². The number of nitriles is 1. The summed E-state index contributed by atoms with van der Waals surface area (Å²) in [6.07, 6.45) is 1.68. The molecule has 0 radical (unpaired) electrons. The number of nitrogen functional groups attached to an aromatic ring is 1. The summed E-state index contributed by atoms with van der Waals surface area (Å²) in [7, 11) is 0. The molecule has 0 unspecified atom stereocenters. The van der Waals surface area contributed by atoms with Crippen LogP contribution in [-0.2, 0) is 0 Å². The normalized spacial score (nSPS) is 10.4. The highest BCUT2D eigenvalue weighted by atomic mass is 19.1. The lowest BCUT2D eigenvalue weighted by Crippen LogP contribution is -2.04. The zero-order valence-electron chi connectivity index (χ0n) is 14.4. The maximum absolute atomic E-state index is 14.5. The molecule has 0 atom stereocenters. The molecule has 2 aromatic heterocycles. The molecule has 0 aliphatic rings. The summed E-state index contributed by atoms with van der Waals surface area (Å²) >= 11 is 0. The van der Waals surface area contributed by atoms with E-state index in [0.29, 0.717) is 22.5 Å². The number of hydrogen-bond donors (Lipinski definition) is 2. The maximum Gasteiger partial charge on any atom is 0.220 e. The van der Waals surface area contributed by atoms with Crippen LogP contribution in [0.4, 0.5) is 16.2 Å². The van der Waals surface area contributed by atoms with E-state index in [2.05, 4.69) is 20.3 Å². The van der Waals surface area contributed by atoms with Crippen molar-refractivity contribution in [2.45, 2.75) is 13.8 Å². The quantitative estimate of drug-likeness (QED) is 0.748. The van der Waals surface area contributed by atoms with Crippen molar-refractivity contribution in [3.63, 3.8) is 0 Å². The van der Waals surface area contributed by atoms with E-state index in [0.717, 1.165) is 17.9 Å². The molecule has 0 bridgehead atoms. The molecule has 0 saturated carbocycles. The Bertz CT molecular complexity index is 992. The summed E-state index contributed by atoms with van der Waals surface area (Å²) in [5, 5.41) is 12.3. The molecular weight excluding hydrogens is 331 g/mol. The van der Waals surface area contributed by atoms with Crippen LogP contribution < -0.4 is 11.1 Å². The van der Waals surface area contributed by atoms with Crippen LogP contribution in [0.3, 0.4) is 0 Å². The van der Waals surface area contributed by atoms with Crippen molar-refractivity contribution in [2.24, 2.45) is 0 Å². The van der Waals surface area contributed by atoms with E-state index in [1.54, 1.807) is 13.1 Å². The van der Waals surface area contributed by atoms with Gasteiger partial charge in [-0.05, 0) is 44.2 Å². The second-order valence-electron chi connectivity index (χ2n) is 5.66. The molecule has 130 valence electrons. The first-order chi connectivity index (χ1) is 12.5. The van der Waals surface area contributed by atoms with E-state index in [9.17, 15) is 4.39 Å². The van der Waals surface area contributed by atoms with Gasteiger partial charge < -0.3 is 11.1 Å². The first kappa shape index (κ1) is 17.3. The molecule has 3 aromatic rings. The first-order valence-corrected chi connectivity index (χ1v) is 8.08. The number of benzene rings is 1. The molecule has 2 heterocycles. The number of aromatic nitrogens is 3. The van der Waals surface area contributed by atoms with Gasteiger partial charge in [0.05, 0.1) is 23.0 Å². The van der Waals surface area contributed by atoms with Crippen molar-refractivity contribution in [3.05, 3.63) is 53.6 Å². The molecule has 7 heteroatoms. The topological polar surface area (TPSA) is 101 Å². The Kier molecular flexibility index (Phi) is 4.76. The van der Waals surface area contributed by atoms with Crippen LogP contribution in [0.5, 0.6) is 0 Å². The summed E-state index contributed by atoms with van der Waals surface area (Å²) in [6, 6.07) is 9.84. The number of anilines is 2. The number of rotatable bonds is 4. The molecule has 3 N–H and O–H groups in total. The maximum atomic E-state index is 14.5. The smallest absolute Gasteiger partial charge is 0.220 e. The van der Waals surface area contributed by atoms with Crippen LogP contribution >= 0.6 is 0 Å². The minimum Gasteiger partial charge on any atom is -0.370 e. The Labute approximate surface area is 150 Å². The molecule has 0 aliphatic heterocycles. The summed E-state index contributed by atoms with van der Waals surface area (Å²) in [5.41, 5.74) is 8.63. The van der Waals surface area contributed by atoms with Crippen LogP contribution in [-0.4, -0.2) is 21.5 Å². The molecule has 0 spiro atoms. The van der Waals surface area contributed by atoms with Crippen molar-refractivity contribution in [3.8, 4) is 28.5 Å². The zero-order chi connectivity index (χ0) is 18.7. The third kappa shape index (κ3) is 3.30. The minimum atomic E-state index is -0.486. The second-order valence-corrected chi connectivity index (χ2v) is 5.66. The predicted octanol–water partition coefficient (Wildman–Crippen LogP) is 3.54. The largest absolute Gasteiger partial charge is 0.370 e. The Hall–Kier alpha value is -3.53. The van der Waals surface area contributed by atoms with Gasteiger partial charge in [-0.3, -0.25) is 0 Å².